The van der Waals surface area contributed by atoms with Gasteiger partial charge in [-0.15, -0.1) is 0 Å². The molecule has 0 fully saturated rings. The van der Waals surface area contributed by atoms with Gasteiger partial charge in [0.05, 0.1) is 0 Å². The lowest BCUT2D eigenvalue weighted by Gasteiger charge is -2.16. The number of benzene rings is 1. The van der Waals surface area contributed by atoms with Crippen molar-refractivity contribution in [1.82, 2.24) is 0 Å². The molecule has 0 aliphatic carbocycles. The largest absolute Gasteiger partial charge is 0.273 e. The summed E-state index contributed by atoms with van der Waals surface area (Å²) >= 11 is 0. The molecule has 1 aromatic rings. The summed E-state index contributed by atoms with van der Waals surface area (Å²) in [6, 6.07) is 8.11. The lowest BCUT2D eigenvalue weighted by molar-refractivity contribution is -0.0158. The van der Waals surface area contributed by atoms with Crippen molar-refractivity contribution >= 4 is 0 Å². The zero-order valence-electron chi connectivity index (χ0n) is 9.89. The van der Waals surface area contributed by atoms with Crippen LogP contribution in [0.25, 0.3) is 0 Å². The first-order valence-electron chi connectivity index (χ1n) is 6.10. The number of hydrogen-bond donors (Lipinski definition) is 0. The van der Waals surface area contributed by atoms with E-state index in [0.29, 0.717) is 6.42 Å². The Morgan fingerprint density at radius 2 is 1.56 bits per heavy atom. The molecule has 16 heavy (non-hydrogen) atoms. The molecule has 0 N–H and O–H groups in total. The molecule has 2 heteroatoms. The molecular weight excluding hydrogens is 206 g/mol. The SMILES string of the molecule is CCCCCCCC(F)(F)c1ccccc1. The van der Waals surface area contributed by atoms with Crippen LogP contribution in [0.5, 0.6) is 0 Å². The summed E-state index contributed by atoms with van der Waals surface area (Å²) in [4.78, 5) is 0. The molecule has 0 spiro atoms. The Balaban J connectivity index is 2.35. The Labute approximate surface area is 96.7 Å². The predicted octanol–water partition coefficient (Wildman–Crippen LogP) is 5.14. The van der Waals surface area contributed by atoms with Gasteiger partial charge >= 0.3 is 0 Å². The summed E-state index contributed by atoms with van der Waals surface area (Å²) in [6.07, 6.45) is 4.87. The van der Waals surface area contributed by atoms with Crippen LogP contribution in [0.3, 0.4) is 0 Å². The highest BCUT2D eigenvalue weighted by atomic mass is 19.3. The summed E-state index contributed by atoms with van der Waals surface area (Å²) < 4.78 is 27.3. The van der Waals surface area contributed by atoms with E-state index in [1.807, 2.05) is 0 Å². The third kappa shape index (κ3) is 4.30. The smallest absolute Gasteiger partial charge is 0.201 e. The first-order valence-corrected chi connectivity index (χ1v) is 6.10. The monoisotopic (exact) mass is 226 g/mol. The molecule has 0 heterocycles. The van der Waals surface area contributed by atoms with Gasteiger partial charge in [0.25, 0.3) is 5.92 Å². The van der Waals surface area contributed by atoms with Crippen LogP contribution in [0.1, 0.15) is 51.0 Å². The van der Waals surface area contributed by atoms with E-state index in [0.717, 1.165) is 25.7 Å². The van der Waals surface area contributed by atoms with Gasteiger partial charge in [-0.1, -0.05) is 62.9 Å². The van der Waals surface area contributed by atoms with Gasteiger partial charge < -0.3 is 0 Å². The minimum Gasteiger partial charge on any atom is -0.201 e. The third-order valence-corrected chi connectivity index (χ3v) is 2.79. The highest BCUT2D eigenvalue weighted by molar-refractivity contribution is 5.19. The van der Waals surface area contributed by atoms with E-state index in [2.05, 4.69) is 6.92 Å². The average molecular weight is 226 g/mol. The highest BCUT2D eigenvalue weighted by Crippen LogP contribution is 2.33. The molecule has 90 valence electrons. The van der Waals surface area contributed by atoms with Crippen LogP contribution >= 0.6 is 0 Å². The summed E-state index contributed by atoms with van der Waals surface area (Å²) in [5.74, 6) is -2.66. The molecule has 0 saturated heterocycles. The molecule has 0 saturated carbocycles. The Kier molecular flexibility index (Phi) is 5.44. The number of alkyl halides is 2. The molecule has 0 aliphatic heterocycles. The maximum Gasteiger partial charge on any atom is 0.273 e. The summed E-state index contributed by atoms with van der Waals surface area (Å²) in [6.45, 7) is 2.12. The molecule has 0 aliphatic rings. The predicted molar refractivity (Wildman–Crippen MR) is 63.7 cm³/mol. The molecule has 0 radical (unpaired) electrons. The second kappa shape index (κ2) is 6.62. The molecule has 0 bridgehead atoms. The lowest BCUT2D eigenvalue weighted by Crippen LogP contribution is -2.12. The van der Waals surface area contributed by atoms with E-state index >= 15 is 0 Å². The minimum atomic E-state index is -2.66. The van der Waals surface area contributed by atoms with E-state index in [9.17, 15) is 8.78 Å². The molecule has 0 amide bonds. The minimum absolute atomic E-state index is 0.0271. The third-order valence-electron chi connectivity index (χ3n) is 2.79. The van der Waals surface area contributed by atoms with E-state index in [1.165, 1.54) is 12.1 Å². The number of hydrogen-bond acceptors (Lipinski definition) is 0. The normalized spacial score (nSPS) is 11.7. The van der Waals surface area contributed by atoms with Crippen LogP contribution in [0.2, 0.25) is 0 Å². The molecular formula is C14H20F2. The highest BCUT2D eigenvalue weighted by Gasteiger charge is 2.29. The van der Waals surface area contributed by atoms with Gasteiger partial charge in [0.2, 0.25) is 0 Å². The fourth-order valence-electron chi connectivity index (χ4n) is 1.78. The van der Waals surface area contributed by atoms with Gasteiger partial charge in [0, 0.05) is 12.0 Å². The van der Waals surface area contributed by atoms with Crippen LogP contribution in [-0.2, 0) is 5.92 Å². The Bertz CT molecular complexity index is 280. The number of unbranched alkanes of at least 4 members (excludes halogenated alkanes) is 4. The van der Waals surface area contributed by atoms with Crippen molar-refractivity contribution in [3.05, 3.63) is 35.9 Å². The van der Waals surface area contributed by atoms with Crippen LogP contribution in [-0.4, -0.2) is 0 Å². The number of halogens is 2. The van der Waals surface area contributed by atoms with E-state index < -0.39 is 5.92 Å². The van der Waals surface area contributed by atoms with Crippen molar-refractivity contribution in [1.29, 1.82) is 0 Å². The molecule has 0 unspecified atom stereocenters. The maximum absolute atomic E-state index is 13.7. The van der Waals surface area contributed by atoms with Crippen LogP contribution in [0, 0.1) is 0 Å². The summed E-state index contributed by atoms with van der Waals surface area (Å²) in [7, 11) is 0. The van der Waals surface area contributed by atoms with Gasteiger partial charge in [-0.2, -0.15) is 0 Å². The van der Waals surface area contributed by atoms with Gasteiger partial charge in [-0.3, -0.25) is 0 Å². The first kappa shape index (κ1) is 13.1. The van der Waals surface area contributed by atoms with Crippen molar-refractivity contribution in [2.75, 3.05) is 0 Å². The van der Waals surface area contributed by atoms with E-state index in [-0.39, 0.29) is 12.0 Å². The molecule has 1 aromatic carbocycles. The van der Waals surface area contributed by atoms with Gasteiger partial charge in [-0.05, 0) is 6.42 Å². The Morgan fingerprint density at radius 3 is 2.19 bits per heavy atom. The zero-order valence-corrected chi connectivity index (χ0v) is 9.89. The van der Waals surface area contributed by atoms with Crippen molar-refractivity contribution in [3.63, 3.8) is 0 Å². The average Bonchev–Trinajstić information content (AvgIpc) is 2.30. The fraction of sp³-hybridized carbons (Fsp3) is 0.571. The molecule has 1 rings (SSSR count). The lowest BCUT2D eigenvalue weighted by atomic mass is 10.0. The van der Waals surface area contributed by atoms with Crippen LogP contribution in [0.15, 0.2) is 30.3 Å². The fourth-order valence-corrected chi connectivity index (χ4v) is 1.78. The van der Waals surface area contributed by atoms with Crippen molar-refractivity contribution in [2.24, 2.45) is 0 Å². The van der Waals surface area contributed by atoms with Crippen LogP contribution < -0.4 is 0 Å². The second-order valence-corrected chi connectivity index (χ2v) is 4.23. The Morgan fingerprint density at radius 1 is 0.938 bits per heavy atom. The van der Waals surface area contributed by atoms with E-state index in [1.54, 1.807) is 18.2 Å². The molecule has 0 aromatic heterocycles. The standard InChI is InChI=1S/C14H20F2/c1-2-3-4-5-9-12-14(15,16)13-10-7-6-8-11-13/h6-8,10-11H,2-5,9,12H2,1H3. The van der Waals surface area contributed by atoms with Gasteiger partial charge in [-0.25, -0.2) is 8.78 Å². The summed E-state index contributed by atoms with van der Waals surface area (Å²) in [5, 5.41) is 0. The first-order chi connectivity index (χ1) is 7.67. The van der Waals surface area contributed by atoms with Gasteiger partial charge in [0.15, 0.2) is 0 Å². The van der Waals surface area contributed by atoms with Crippen molar-refractivity contribution < 1.29 is 8.78 Å². The quantitative estimate of drug-likeness (QED) is 0.565. The second-order valence-electron chi connectivity index (χ2n) is 4.23. The molecule has 0 nitrogen and oxygen atoms in total. The van der Waals surface area contributed by atoms with Crippen LogP contribution in [0.4, 0.5) is 8.78 Å². The van der Waals surface area contributed by atoms with E-state index in [4.69, 9.17) is 0 Å². The molecule has 0 atom stereocenters. The van der Waals surface area contributed by atoms with Crippen molar-refractivity contribution in [3.8, 4) is 0 Å². The maximum atomic E-state index is 13.7. The van der Waals surface area contributed by atoms with Gasteiger partial charge in [0.1, 0.15) is 0 Å². The zero-order chi connectivity index (χ0) is 11.9. The summed E-state index contributed by atoms with van der Waals surface area (Å²) in [5.41, 5.74) is 0.144. The Hall–Kier alpha value is -0.920. The van der Waals surface area contributed by atoms with Crippen molar-refractivity contribution in [2.45, 2.75) is 51.4 Å². The topological polar surface area (TPSA) is 0 Å². The number of rotatable bonds is 7.